The van der Waals surface area contributed by atoms with E-state index in [0.29, 0.717) is 13.1 Å². The Labute approximate surface area is 90.9 Å². The maximum atomic E-state index is 11.6. The van der Waals surface area contributed by atoms with Crippen molar-refractivity contribution >= 4 is 5.91 Å². The van der Waals surface area contributed by atoms with Crippen molar-refractivity contribution in [2.45, 2.75) is 13.5 Å². The highest BCUT2D eigenvalue weighted by Crippen LogP contribution is 1.99. The number of hydrogen-bond acceptors (Lipinski definition) is 2. The Kier molecular flexibility index (Phi) is 4.84. The average Bonchev–Trinajstić information content (AvgIpc) is 2.27. The van der Waals surface area contributed by atoms with Crippen molar-refractivity contribution in [3.63, 3.8) is 0 Å². The van der Waals surface area contributed by atoms with E-state index in [1.807, 2.05) is 44.3 Å². The Morgan fingerprint density at radius 1 is 1.33 bits per heavy atom. The molecule has 2 N–H and O–H groups in total. The molecule has 0 radical (unpaired) electrons. The molecule has 0 heterocycles. The summed E-state index contributed by atoms with van der Waals surface area (Å²) in [7, 11) is 1.85. The second-order valence-electron chi connectivity index (χ2n) is 3.66. The monoisotopic (exact) mass is 206 g/mol. The van der Waals surface area contributed by atoms with Crippen LogP contribution in [-0.2, 0) is 11.3 Å². The minimum Gasteiger partial charge on any atom is -0.352 e. The normalized spacial score (nSPS) is 12.1. The molecule has 1 atom stereocenters. The van der Waals surface area contributed by atoms with Gasteiger partial charge in [0.15, 0.2) is 0 Å². The van der Waals surface area contributed by atoms with Gasteiger partial charge in [0.05, 0.1) is 0 Å². The van der Waals surface area contributed by atoms with Gasteiger partial charge >= 0.3 is 0 Å². The highest BCUT2D eigenvalue weighted by molar-refractivity contribution is 5.78. The average molecular weight is 206 g/mol. The van der Waals surface area contributed by atoms with E-state index >= 15 is 0 Å². The fourth-order valence-electron chi connectivity index (χ4n) is 1.36. The van der Waals surface area contributed by atoms with E-state index in [9.17, 15) is 4.79 Å². The van der Waals surface area contributed by atoms with Gasteiger partial charge in [0.25, 0.3) is 0 Å². The minimum atomic E-state index is 0.0127. The number of rotatable bonds is 5. The van der Waals surface area contributed by atoms with Crippen molar-refractivity contribution in [3.8, 4) is 0 Å². The lowest BCUT2D eigenvalue weighted by atomic mass is 10.1. The molecule has 1 aromatic rings. The number of amides is 1. The van der Waals surface area contributed by atoms with Crippen LogP contribution >= 0.6 is 0 Å². The van der Waals surface area contributed by atoms with Gasteiger partial charge in [-0.2, -0.15) is 0 Å². The van der Waals surface area contributed by atoms with E-state index in [1.54, 1.807) is 0 Å². The first-order valence-corrected chi connectivity index (χ1v) is 5.20. The molecular weight excluding hydrogens is 188 g/mol. The van der Waals surface area contributed by atoms with Crippen molar-refractivity contribution in [2.24, 2.45) is 5.92 Å². The van der Waals surface area contributed by atoms with Crippen molar-refractivity contribution in [1.82, 2.24) is 10.6 Å². The number of carbonyl (C=O) groups is 1. The van der Waals surface area contributed by atoms with E-state index in [1.165, 1.54) is 0 Å². The molecule has 1 rings (SSSR count). The predicted molar refractivity (Wildman–Crippen MR) is 61.4 cm³/mol. The van der Waals surface area contributed by atoms with Gasteiger partial charge in [0.1, 0.15) is 0 Å². The fraction of sp³-hybridized carbons (Fsp3) is 0.417. The van der Waals surface area contributed by atoms with Crippen molar-refractivity contribution < 1.29 is 4.79 Å². The Bertz CT molecular complexity index is 298. The fourth-order valence-corrected chi connectivity index (χ4v) is 1.36. The van der Waals surface area contributed by atoms with Crippen LogP contribution in [0, 0.1) is 5.92 Å². The van der Waals surface area contributed by atoms with Crippen LogP contribution in [0.5, 0.6) is 0 Å². The number of hydrogen-bond donors (Lipinski definition) is 2. The maximum absolute atomic E-state index is 11.6. The molecule has 15 heavy (non-hydrogen) atoms. The second-order valence-corrected chi connectivity index (χ2v) is 3.66. The smallest absolute Gasteiger partial charge is 0.224 e. The third-order valence-electron chi connectivity index (χ3n) is 2.27. The van der Waals surface area contributed by atoms with Crippen LogP contribution in [0.4, 0.5) is 0 Å². The van der Waals surface area contributed by atoms with E-state index in [2.05, 4.69) is 10.6 Å². The molecule has 0 aliphatic rings. The quantitative estimate of drug-likeness (QED) is 0.759. The van der Waals surface area contributed by atoms with E-state index in [4.69, 9.17) is 0 Å². The standard InChI is InChI=1S/C12H18N2O/c1-10(8-13-2)12(15)14-9-11-6-4-3-5-7-11/h3-7,10,13H,8-9H2,1-2H3,(H,14,15). The third-order valence-corrected chi connectivity index (χ3v) is 2.27. The molecule has 1 amide bonds. The van der Waals surface area contributed by atoms with Gasteiger partial charge in [0, 0.05) is 19.0 Å². The zero-order valence-electron chi connectivity index (χ0n) is 9.29. The molecule has 1 unspecified atom stereocenters. The van der Waals surface area contributed by atoms with E-state index in [0.717, 1.165) is 5.56 Å². The summed E-state index contributed by atoms with van der Waals surface area (Å²) in [5, 5.41) is 5.89. The summed E-state index contributed by atoms with van der Waals surface area (Å²) >= 11 is 0. The Balaban J connectivity index is 2.34. The van der Waals surface area contributed by atoms with E-state index < -0.39 is 0 Å². The molecule has 0 aliphatic carbocycles. The van der Waals surface area contributed by atoms with Gasteiger partial charge < -0.3 is 10.6 Å². The number of carbonyl (C=O) groups excluding carboxylic acids is 1. The highest BCUT2D eigenvalue weighted by Gasteiger charge is 2.10. The van der Waals surface area contributed by atoms with Crippen molar-refractivity contribution in [1.29, 1.82) is 0 Å². The van der Waals surface area contributed by atoms with Gasteiger partial charge in [-0.3, -0.25) is 4.79 Å². The van der Waals surface area contributed by atoms with Gasteiger partial charge in [-0.25, -0.2) is 0 Å². The lowest BCUT2D eigenvalue weighted by Gasteiger charge is -2.11. The predicted octanol–water partition coefficient (Wildman–Crippen LogP) is 1.16. The zero-order chi connectivity index (χ0) is 11.1. The first-order chi connectivity index (χ1) is 7.24. The summed E-state index contributed by atoms with van der Waals surface area (Å²) in [6.45, 7) is 3.23. The SMILES string of the molecule is CNCC(C)C(=O)NCc1ccccc1. The summed E-state index contributed by atoms with van der Waals surface area (Å²) in [5.74, 6) is 0.104. The molecule has 0 bridgehead atoms. The van der Waals surface area contributed by atoms with Crippen LogP contribution < -0.4 is 10.6 Å². The third kappa shape index (κ3) is 4.13. The van der Waals surface area contributed by atoms with Gasteiger partial charge in [-0.1, -0.05) is 37.3 Å². The summed E-state index contributed by atoms with van der Waals surface area (Å²) in [4.78, 5) is 11.6. The molecule has 0 spiro atoms. The Morgan fingerprint density at radius 3 is 2.60 bits per heavy atom. The summed E-state index contributed by atoms with van der Waals surface area (Å²) < 4.78 is 0. The molecule has 0 aromatic heterocycles. The molecule has 0 fully saturated rings. The maximum Gasteiger partial charge on any atom is 0.224 e. The minimum absolute atomic E-state index is 0.0127. The topological polar surface area (TPSA) is 41.1 Å². The highest BCUT2D eigenvalue weighted by atomic mass is 16.1. The molecule has 1 aromatic carbocycles. The second kappa shape index (κ2) is 6.19. The molecule has 3 nitrogen and oxygen atoms in total. The Morgan fingerprint density at radius 2 is 2.00 bits per heavy atom. The largest absolute Gasteiger partial charge is 0.352 e. The number of benzene rings is 1. The van der Waals surface area contributed by atoms with Gasteiger partial charge in [-0.05, 0) is 12.6 Å². The van der Waals surface area contributed by atoms with Gasteiger partial charge in [-0.15, -0.1) is 0 Å². The van der Waals surface area contributed by atoms with Crippen LogP contribution in [0.1, 0.15) is 12.5 Å². The molecule has 0 saturated carbocycles. The molecule has 3 heteroatoms. The summed E-state index contributed by atoms with van der Waals surface area (Å²) in [6.07, 6.45) is 0. The van der Waals surface area contributed by atoms with Crippen molar-refractivity contribution in [3.05, 3.63) is 35.9 Å². The lowest BCUT2D eigenvalue weighted by Crippen LogP contribution is -2.33. The molecule has 82 valence electrons. The van der Waals surface area contributed by atoms with Crippen molar-refractivity contribution in [2.75, 3.05) is 13.6 Å². The summed E-state index contributed by atoms with van der Waals surface area (Å²) in [5.41, 5.74) is 1.13. The number of nitrogens with one attached hydrogen (secondary N) is 2. The zero-order valence-corrected chi connectivity index (χ0v) is 9.29. The van der Waals surface area contributed by atoms with Crippen LogP contribution in [0.3, 0.4) is 0 Å². The molecular formula is C12H18N2O. The molecule has 0 aliphatic heterocycles. The van der Waals surface area contributed by atoms with Gasteiger partial charge in [0.2, 0.25) is 5.91 Å². The van der Waals surface area contributed by atoms with Crippen LogP contribution in [0.15, 0.2) is 30.3 Å². The summed E-state index contributed by atoms with van der Waals surface area (Å²) in [6, 6.07) is 9.91. The molecule has 0 saturated heterocycles. The Hall–Kier alpha value is -1.35. The van der Waals surface area contributed by atoms with Crippen LogP contribution in [-0.4, -0.2) is 19.5 Å². The van der Waals surface area contributed by atoms with Crippen LogP contribution in [0.25, 0.3) is 0 Å². The first kappa shape index (κ1) is 11.7. The van der Waals surface area contributed by atoms with E-state index in [-0.39, 0.29) is 11.8 Å². The lowest BCUT2D eigenvalue weighted by molar-refractivity contribution is -0.124. The van der Waals surface area contributed by atoms with Crippen LogP contribution in [0.2, 0.25) is 0 Å². The first-order valence-electron chi connectivity index (χ1n) is 5.20.